The second kappa shape index (κ2) is 3.46. The second-order valence-corrected chi connectivity index (χ2v) is 3.17. The first kappa shape index (κ1) is 9.56. The highest BCUT2D eigenvalue weighted by molar-refractivity contribution is 14.1. The molecule has 0 spiro atoms. The zero-order chi connectivity index (χ0) is 9.30. The van der Waals surface area contributed by atoms with Gasteiger partial charge in [0.25, 0.3) is 12.0 Å². The van der Waals surface area contributed by atoms with E-state index in [-0.39, 0.29) is 3.57 Å². The molecule has 66 valence electrons. The number of hydrogen-bond donors (Lipinski definition) is 1. The third-order valence-electron chi connectivity index (χ3n) is 1.21. The molecule has 1 N–H and O–H groups in total. The van der Waals surface area contributed by atoms with Crippen molar-refractivity contribution in [3.8, 4) is 0 Å². The van der Waals surface area contributed by atoms with E-state index in [1.807, 2.05) is 0 Å². The van der Waals surface area contributed by atoms with Gasteiger partial charge in [-0.2, -0.15) is 4.39 Å². The molecule has 0 aliphatic heterocycles. The number of nitrogens with one attached hydrogen (secondary N) is 1. The minimum absolute atomic E-state index is 0.0659. The Hall–Kier alpha value is -0.530. The predicted octanol–water partition coefficient (Wildman–Crippen LogP) is 2.06. The van der Waals surface area contributed by atoms with E-state index in [1.54, 1.807) is 4.98 Å². The summed E-state index contributed by atoms with van der Waals surface area (Å²) in [5.74, 6) is -0.909. The molecule has 1 heterocycles. The average molecular weight is 289 g/mol. The van der Waals surface area contributed by atoms with E-state index in [4.69, 9.17) is 0 Å². The van der Waals surface area contributed by atoms with Crippen molar-refractivity contribution in [2.45, 2.75) is 6.43 Å². The van der Waals surface area contributed by atoms with Crippen LogP contribution in [0.4, 0.5) is 13.2 Å². The molecular weight excluding hydrogens is 286 g/mol. The number of H-pyrrole nitrogens is 1. The second-order valence-electron chi connectivity index (χ2n) is 2.01. The predicted molar refractivity (Wildman–Crippen MR) is 44.7 cm³/mol. The number of pyridine rings is 1. The van der Waals surface area contributed by atoms with Crippen molar-refractivity contribution >= 4 is 22.6 Å². The van der Waals surface area contributed by atoms with Crippen LogP contribution in [0.25, 0.3) is 0 Å². The van der Waals surface area contributed by atoms with Gasteiger partial charge < -0.3 is 0 Å². The summed E-state index contributed by atoms with van der Waals surface area (Å²) in [6.07, 6.45) is -2.87. The van der Waals surface area contributed by atoms with Gasteiger partial charge in [-0.05, 0) is 22.6 Å². The Morgan fingerprint density at radius 3 is 2.50 bits per heavy atom. The number of rotatable bonds is 1. The lowest BCUT2D eigenvalue weighted by atomic mass is 10.3. The molecule has 0 amide bonds. The molecule has 12 heavy (non-hydrogen) atoms. The Morgan fingerprint density at radius 1 is 1.50 bits per heavy atom. The van der Waals surface area contributed by atoms with Crippen molar-refractivity contribution in [3.05, 3.63) is 31.5 Å². The van der Waals surface area contributed by atoms with Crippen molar-refractivity contribution in [2.75, 3.05) is 0 Å². The third-order valence-corrected chi connectivity index (χ3v) is 2.10. The van der Waals surface area contributed by atoms with Crippen LogP contribution in [0.2, 0.25) is 0 Å². The SMILES string of the molecule is O=c1[nH]c(F)cc(I)c1C(F)F. The zero-order valence-corrected chi connectivity index (χ0v) is 7.73. The Morgan fingerprint density at radius 2 is 2.08 bits per heavy atom. The van der Waals surface area contributed by atoms with Gasteiger partial charge in [0, 0.05) is 9.64 Å². The van der Waals surface area contributed by atoms with Gasteiger partial charge in [-0.15, -0.1) is 0 Å². The maximum atomic E-state index is 12.4. The molecule has 6 heteroatoms. The van der Waals surface area contributed by atoms with Crippen LogP contribution in [0.1, 0.15) is 12.0 Å². The maximum Gasteiger partial charge on any atom is 0.270 e. The Labute approximate surface area is 78.9 Å². The van der Waals surface area contributed by atoms with E-state index < -0.39 is 23.5 Å². The van der Waals surface area contributed by atoms with E-state index in [0.717, 1.165) is 6.07 Å². The third kappa shape index (κ3) is 1.79. The Balaban J connectivity index is 3.39. The summed E-state index contributed by atoms with van der Waals surface area (Å²) in [6.45, 7) is 0. The number of halogens is 4. The normalized spacial score (nSPS) is 10.8. The highest BCUT2D eigenvalue weighted by atomic mass is 127. The van der Waals surface area contributed by atoms with Crippen LogP contribution in [0.15, 0.2) is 10.9 Å². The van der Waals surface area contributed by atoms with Crippen LogP contribution >= 0.6 is 22.6 Å². The van der Waals surface area contributed by atoms with Gasteiger partial charge in [-0.1, -0.05) is 0 Å². The number of aromatic amines is 1. The van der Waals surface area contributed by atoms with Crippen LogP contribution in [-0.4, -0.2) is 4.98 Å². The molecule has 2 nitrogen and oxygen atoms in total. The molecular formula is C6H3F3INO. The fourth-order valence-electron chi connectivity index (χ4n) is 0.713. The number of alkyl halides is 2. The highest BCUT2D eigenvalue weighted by Crippen LogP contribution is 2.20. The van der Waals surface area contributed by atoms with Crippen molar-refractivity contribution < 1.29 is 13.2 Å². The van der Waals surface area contributed by atoms with Crippen LogP contribution in [0.3, 0.4) is 0 Å². The first-order valence-corrected chi connectivity index (χ1v) is 3.96. The molecule has 0 aromatic carbocycles. The molecule has 0 bridgehead atoms. The van der Waals surface area contributed by atoms with Gasteiger partial charge in [0.15, 0.2) is 5.95 Å². The molecule has 0 aliphatic rings. The lowest BCUT2D eigenvalue weighted by Gasteiger charge is -2.00. The molecule has 0 fully saturated rings. The summed E-state index contributed by atoms with van der Waals surface area (Å²) in [4.78, 5) is 12.4. The fraction of sp³-hybridized carbons (Fsp3) is 0.167. The quantitative estimate of drug-likeness (QED) is 0.623. The number of hydrogen-bond acceptors (Lipinski definition) is 1. The van der Waals surface area contributed by atoms with Gasteiger partial charge in [-0.25, -0.2) is 8.78 Å². The van der Waals surface area contributed by atoms with Crippen LogP contribution in [-0.2, 0) is 0 Å². The summed E-state index contributed by atoms with van der Waals surface area (Å²) < 4.78 is 36.4. The van der Waals surface area contributed by atoms with E-state index in [0.29, 0.717) is 0 Å². The van der Waals surface area contributed by atoms with Crippen molar-refractivity contribution in [1.29, 1.82) is 0 Å². The molecule has 0 saturated heterocycles. The smallest absolute Gasteiger partial charge is 0.270 e. The first-order valence-electron chi connectivity index (χ1n) is 2.88. The van der Waals surface area contributed by atoms with Crippen molar-refractivity contribution in [3.63, 3.8) is 0 Å². The molecule has 1 rings (SSSR count). The van der Waals surface area contributed by atoms with Gasteiger partial charge in [0.2, 0.25) is 0 Å². The topological polar surface area (TPSA) is 32.9 Å². The van der Waals surface area contributed by atoms with Gasteiger partial charge >= 0.3 is 0 Å². The number of aromatic nitrogens is 1. The van der Waals surface area contributed by atoms with E-state index >= 15 is 0 Å². The summed E-state index contributed by atoms with van der Waals surface area (Å²) in [6, 6.07) is 0.851. The molecule has 0 unspecified atom stereocenters. The summed E-state index contributed by atoms with van der Waals surface area (Å²) in [5.41, 5.74) is -1.76. The van der Waals surface area contributed by atoms with E-state index in [1.165, 1.54) is 22.6 Å². The first-order chi connectivity index (χ1) is 5.52. The summed E-state index contributed by atoms with van der Waals surface area (Å²) in [5, 5.41) is 0. The summed E-state index contributed by atoms with van der Waals surface area (Å²) >= 11 is 1.49. The van der Waals surface area contributed by atoms with E-state index in [2.05, 4.69) is 0 Å². The fourth-order valence-corrected chi connectivity index (χ4v) is 1.47. The zero-order valence-electron chi connectivity index (χ0n) is 5.57. The molecule has 0 aliphatic carbocycles. The highest BCUT2D eigenvalue weighted by Gasteiger charge is 2.16. The lowest BCUT2D eigenvalue weighted by Crippen LogP contribution is -2.16. The van der Waals surface area contributed by atoms with Crippen LogP contribution in [0.5, 0.6) is 0 Å². The average Bonchev–Trinajstić information content (AvgIpc) is 1.82. The molecule has 0 radical (unpaired) electrons. The maximum absolute atomic E-state index is 12.4. The molecule has 1 aromatic heterocycles. The van der Waals surface area contributed by atoms with Crippen LogP contribution in [0, 0.1) is 9.52 Å². The lowest BCUT2D eigenvalue weighted by molar-refractivity contribution is 0.148. The minimum Gasteiger partial charge on any atom is -0.298 e. The minimum atomic E-state index is -2.87. The van der Waals surface area contributed by atoms with Gasteiger partial charge in [0.1, 0.15) is 0 Å². The van der Waals surface area contributed by atoms with Crippen LogP contribution < -0.4 is 5.56 Å². The largest absolute Gasteiger partial charge is 0.298 e. The van der Waals surface area contributed by atoms with Gasteiger partial charge in [-0.3, -0.25) is 9.78 Å². The Bertz CT molecular complexity index is 349. The molecule has 0 saturated carbocycles. The monoisotopic (exact) mass is 289 g/mol. The van der Waals surface area contributed by atoms with Crippen molar-refractivity contribution in [1.82, 2.24) is 4.98 Å². The van der Waals surface area contributed by atoms with E-state index in [9.17, 15) is 18.0 Å². The summed E-state index contributed by atoms with van der Waals surface area (Å²) in [7, 11) is 0. The van der Waals surface area contributed by atoms with Gasteiger partial charge in [0.05, 0.1) is 5.56 Å². The standard InChI is InChI=1S/C6H3F3INO/c7-3-1-2(10)4(5(8)9)6(12)11-3/h1,5H,(H,11,12). The van der Waals surface area contributed by atoms with Crippen molar-refractivity contribution in [2.24, 2.45) is 0 Å². The molecule has 1 aromatic rings. The molecule has 0 atom stereocenters. The Kier molecular flexibility index (Phi) is 2.76.